The molecular weight excluding hydrogens is 445 g/mol. The zero-order valence-electron chi connectivity index (χ0n) is 17.3. The average Bonchev–Trinajstić information content (AvgIpc) is 3.25. The Morgan fingerprint density at radius 1 is 1.21 bits per heavy atom. The highest BCUT2D eigenvalue weighted by molar-refractivity contribution is 5.92. The van der Waals surface area contributed by atoms with Crippen molar-refractivity contribution >= 4 is 11.6 Å². The first-order valence-electron chi connectivity index (χ1n) is 10.3. The number of rotatable bonds is 5. The Labute approximate surface area is 185 Å². The first kappa shape index (κ1) is 22.8. The van der Waals surface area contributed by atoms with Crippen LogP contribution in [-0.4, -0.2) is 27.0 Å². The summed E-state index contributed by atoms with van der Waals surface area (Å²) in [6, 6.07) is 3.83. The SMILES string of the molecule is O=C(Cc1cccc(C(F)(F)F)c1F)Nc1cnc(-n2cnc(C3CCCCN3)c2)c(F)c1. The van der Waals surface area contributed by atoms with Gasteiger partial charge in [0.05, 0.1) is 35.6 Å². The minimum atomic E-state index is -4.88. The van der Waals surface area contributed by atoms with E-state index < -0.39 is 41.3 Å². The summed E-state index contributed by atoms with van der Waals surface area (Å²) < 4.78 is 68.7. The van der Waals surface area contributed by atoms with E-state index in [2.05, 4.69) is 20.6 Å². The predicted octanol–water partition coefficient (Wildman–Crippen LogP) is 4.56. The van der Waals surface area contributed by atoms with Gasteiger partial charge < -0.3 is 10.6 Å². The molecule has 4 rings (SSSR count). The molecule has 0 saturated carbocycles. The second kappa shape index (κ2) is 9.26. The number of nitrogens with one attached hydrogen (secondary N) is 2. The van der Waals surface area contributed by atoms with Crippen molar-refractivity contribution in [2.24, 2.45) is 0 Å². The normalized spacial score (nSPS) is 16.6. The topological polar surface area (TPSA) is 71.8 Å². The molecule has 1 aromatic carbocycles. The van der Waals surface area contributed by atoms with Gasteiger partial charge in [0.2, 0.25) is 5.91 Å². The minimum absolute atomic E-state index is 0.0112. The number of nitrogens with zero attached hydrogens (tertiary/aromatic N) is 3. The molecule has 1 amide bonds. The van der Waals surface area contributed by atoms with Crippen molar-refractivity contribution in [1.82, 2.24) is 19.9 Å². The van der Waals surface area contributed by atoms with Gasteiger partial charge in [0, 0.05) is 12.3 Å². The van der Waals surface area contributed by atoms with Crippen LogP contribution in [0.4, 0.5) is 27.6 Å². The number of carbonyl (C=O) groups excluding carboxylic acids is 1. The molecule has 0 bridgehead atoms. The van der Waals surface area contributed by atoms with E-state index >= 15 is 0 Å². The molecule has 1 aliphatic rings. The van der Waals surface area contributed by atoms with Gasteiger partial charge in [0.1, 0.15) is 12.1 Å². The third-order valence-corrected chi connectivity index (χ3v) is 5.36. The standard InChI is InChI=1S/C22H20F5N5O/c23-16-9-14(31-19(33)8-13-4-3-5-15(20(13)24)22(25,26)27)10-29-21(16)32-11-18(30-12-32)17-6-1-2-7-28-17/h3-5,9-12,17,28H,1-2,6-8H2,(H,31,33). The Bertz CT molecular complexity index is 1150. The Hall–Kier alpha value is -3.34. The lowest BCUT2D eigenvalue weighted by Crippen LogP contribution is -2.26. The van der Waals surface area contributed by atoms with Gasteiger partial charge in [-0.2, -0.15) is 13.2 Å². The summed E-state index contributed by atoms with van der Waals surface area (Å²) in [6.07, 6.45) is 1.92. The lowest BCUT2D eigenvalue weighted by molar-refractivity contribution is -0.140. The van der Waals surface area contributed by atoms with E-state index in [0.29, 0.717) is 6.07 Å². The second-order valence-corrected chi connectivity index (χ2v) is 7.74. The highest BCUT2D eigenvalue weighted by Crippen LogP contribution is 2.32. The van der Waals surface area contributed by atoms with E-state index in [1.165, 1.54) is 17.1 Å². The molecule has 33 heavy (non-hydrogen) atoms. The largest absolute Gasteiger partial charge is 0.419 e. The monoisotopic (exact) mass is 465 g/mol. The number of aromatic nitrogens is 3. The molecule has 0 aliphatic carbocycles. The van der Waals surface area contributed by atoms with Gasteiger partial charge >= 0.3 is 6.18 Å². The van der Waals surface area contributed by atoms with Crippen molar-refractivity contribution in [3.05, 3.63) is 71.4 Å². The Balaban J connectivity index is 1.45. The quantitative estimate of drug-likeness (QED) is 0.542. The van der Waals surface area contributed by atoms with Crippen molar-refractivity contribution in [1.29, 1.82) is 0 Å². The van der Waals surface area contributed by atoms with Crippen LogP contribution >= 0.6 is 0 Å². The molecule has 2 aromatic heterocycles. The number of hydrogen-bond donors (Lipinski definition) is 2. The van der Waals surface area contributed by atoms with Gasteiger partial charge in [-0.05, 0) is 31.0 Å². The summed E-state index contributed by atoms with van der Waals surface area (Å²) >= 11 is 0. The van der Waals surface area contributed by atoms with Gasteiger partial charge in [-0.1, -0.05) is 18.6 Å². The van der Waals surface area contributed by atoms with E-state index in [1.54, 1.807) is 6.20 Å². The number of imidazole rings is 1. The summed E-state index contributed by atoms with van der Waals surface area (Å²) in [5.41, 5.74) is -1.11. The molecule has 1 aliphatic heterocycles. The first-order chi connectivity index (χ1) is 15.7. The van der Waals surface area contributed by atoms with Gasteiger partial charge in [0.25, 0.3) is 0 Å². The molecule has 3 heterocycles. The third kappa shape index (κ3) is 5.19. The van der Waals surface area contributed by atoms with Crippen LogP contribution in [0.15, 0.2) is 43.0 Å². The predicted molar refractivity (Wildman–Crippen MR) is 110 cm³/mol. The van der Waals surface area contributed by atoms with Crippen LogP contribution in [-0.2, 0) is 17.4 Å². The van der Waals surface area contributed by atoms with Gasteiger partial charge in [-0.25, -0.2) is 18.7 Å². The molecule has 11 heteroatoms. The van der Waals surface area contributed by atoms with Crippen LogP contribution in [0.5, 0.6) is 0 Å². The van der Waals surface area contributed by atoms with Crippen LogP contribution in [0, 0.1) is 11.6 Å². The number of pyridine rings is 1. The number of halogens is 5. The lowest BCUT2D eigenvalue weighted by atomic mass is 10.0. The number of anilines is 1. The zero-order valence-corrected chi connectivity index (χ0v) is 17.3. The summed E-state index contributed by atoms with van der Waals surface area (Å²) in [7, 11) is 0. The molecule has 1 fully saturated rings. The van der Waals surface area contributed by atoms with Gasteiger partial charge in [-0.3, -0.25) is 9.36 Å². The van der Waals surface area contributed by atoms with Crippen LogP contribution in [0.3, 0.4) is 0 Å². The summed E-state index contributed by atoms with van der Waals surface area (Å²) in [5.74, 6) is -3.08. The highest BCUT2D eigenvalue weighted by Gasteiger charge is 2.35. The maximum Gasteiger partial charge on any atom is 0.419 e. The van der Waals surface area contributed by atoms with Crippen LogP contribution in [0.2, 0.25) is 0 Å². The van der Waals surface area contributed by atoms with Crippen molar-refractivity contribution in [2.75, 3.05) is 11.9 Å². The molecule has 0 radical (unpaired) electrons. The van der Waals surface area contributed by atoms with Crippen molar-refractivity contribution in [2.45, 2.75) is 37.9 Å². The molecule has 1 saturated heterocycles. The number of amides is 1. The molecule has 6 nitrogen and oxygen atoms in total. The first-order valence-corrected chi connectivity index (χ1v) is 10.3. The fourth-order valence-corrected chi connectivity index (χ4v) is 3.74. The third-order valence-electron chi connectivity index (χ3n) is 5.36. The fraction of sp³-hybridized carbons (Fsp3) is 0.318. The molecule has 1 atom stereocenters. The lowest BCUT2D eigenvalue weighted by Gasteiger charge is -2.21. The van der Waals surface area contributed by atoms with E-state index in [1.807, 2.05) is 0 Å². The fourth-order valence-electron chi connectivity index (χ4n) is 3.74. The highest BCUT2D eigenvalue weighted by atomic mass is 19.4. The van der Waals surface area contributed by atoms with Gasteiger partial charge in [-0.15, -0.1) is 0 Å². The Morgan fingerprint density at radius 2 is 2.03 bits per heavy atom. The number of alkyl halides is 3. The van der Waals surface area contributed by atoms with Crippen LogP contribution in [0.25, 0.3) is 5.82 Å². The van der Waals surface area contributed by atoms with Crippen LogP contribution < -0.4 is 10.6 Å². The molecule has 3 aromatic rings. The Kier molecular flexibility index (Phi) is 6.41. The summed E-state index contributed by atoms with van der Waals surface area (Å²) in [4.78, 5) is 20.5. The van der Waals surface area contributed by atoms with Crippen molar-refractivity contribution < 1.29 is 26.7 Å². The Morgan fingerprint density at radius 3 is 2.73 bits per heavy atom. The molecule has 0 spiro atoms. The van der Waals surface area contributed by atoms with Gasteiger partial charge in [0.15, 0.2) is 11.6 Å². The maximum absolute atomic E-state index is 14.6. The van der Waals surface area contributed by atoms with E-state index in [4.69, 9.17) is 0 Å². The number of benzene rings is 1. The minimum Gasteiger partial charge on any atom is -0.324 e. The van der Waals surface area contributed by atoms with E-state index in [-0.39, 0.29) is 17.5 Å². The zero-order chi connectivity index (χ0) is 23.6. The summed E-state index contributed by atoms with van der Waals surface area (Å²) in [6.45, 7) is 0.892. The van der Waals surface area contributed by atoms with Crippen molar-refractivity contribution in [3.8, 4) is 5.82 Å². The average molecular weight is 465 g/mol. The van der Waals surface area contributed by atoms with E-state index in [0.717, 1.165) is 49.7 Å². The molecule has 174 valence electrons. The maximum atomic E-state index is 14.6. The number of carbonyl (C=O) groups is 1. The van der Waals surface area contributed by atoms with Crippen molar-refractivity contribution in [3.63, 3.8) is 0 Å². The number of piperidine rings is 1. The summed E-state index contributed by atoms with van der Waals surface area (Å²) in [5, 5.41) is 5.68. The van der Waals surface area contributed by atoms with Crippen LogP contribution in [0.1, 0.15) is 42.1 Å². The second-order valence-electron chi connectivity index (χ2n) is 7.74. The van der Waals surface area contributed by atoms with E-state index in [9.17, 15) is 26.7 Å². The molecule has 1 unspecified atom stereocenters. The molecule has 2 N–H and O–H groups in total. The smallest absolute Gasteiger partial charge is 0.324 e. The molecular formula is C22H20F5N5O. The number of hydrogen-bond acceptors (Lipinski definition) is 4.